The molecule has 12 nitrogen and oxygen atoms in total. The molecule has 9 atom stereocenters. The number of benzene rings is 3. The van der Waals surface area contributed by atoms with Crippen LogP contribution >= 0.6 is 0 Å². The zero-order chi connectivity index (χ0) is 45.9. The lowest BCUT2D eigenvalue weighted by Gasteiger charge is -2.26. The summed E-state index contributed by atoms with van der Waals surface area (Å²) in [5.41, 5.74) is 3.51. The molecule has 0 radical (unpaired) electrons. The van der Waals surface area contributed by atoms with Crippen molar-refractivity contribution in [1.29, 1.82) is 0 Å². The van der Waals surface area contributed by atoms with E-state index in [4.69, 9.17) is 33.2 Å². The Hall–Kier alpha value is -5.88. The number of carboxylic acids is 1. The molecule has 0 heterocycles. The number of ether oxygens (including phenoxy) is 7. The van der Waals surface area contributed by atoms with Gasteiger partial charge in [-0.25, -0.2) is 9.59 Å². The van der Waals surface area contributed by atoms with Gasteiger partial charge in [0.05, 0.1) is 24.5 Å². The molecule has 4 rings (SSSR count). The van der Waals surface area contributed by atoms with Crippen LogP contribution in [0.2, 0.25) is 0 Å². The van der Waals surface area contributed by atoms with E-state index < -0.39 is 54.0 Å². The van der Waals surface area contributed by atoms with Crippen LogP contribution in [0.1, 0.15) is 102 Å². The molecule has 0 saturated heterocycles. The fourth-order valence-electron chi connectivity index (χ4n) is 7.33. The molecule has 9 unspecified atom stereocenters. The maximum Gasteiger partial charge on any atom is 0.330 e. The Morgan fingerprint density at radius 1 is 0.556 bits per heavy atom. The first kappa shape index (κ1) is 49.8. The van der Waals surface area contributed by atoms with Crippen LogP contribution in [0.4, 0.5) is 0 Å². The summed E-state index contributed by atoms with van der Waals surface area (Å²) in [5, 5.41) is 9.54. The molecule has 1 aliphatic rings. The predicted octanol–water partition coefficient (Wildman–Crippen LogP) is 9.53. The topological polar surface area (TPSA) is 153 Å². The SMILES string of the molecule is C=CC(=O)OC(C)COc1ccc(C(CC(C)c2ccc(OCC(C)OCC(C)OC(=O)C=C)cc2)CC(C)c2ccc(OCC(C)OC(=O)C3CC=CCC3C(=O)O)cc2)cc1. The number of allylic oxidation sites excluding steroid dienone is 2. The summed E-state index contributed by atoms with van der Waals surface area (Å²) in [6, 6.07) is 24.2. The number of carboxylic acid groups (broad SMARTS) is 1. The van der Waals surface area contributed by atoms with Crippen LogP contribution < -0.4 is 14.2 Å². The van der Waals surface area contributed by atoms with E-state index in [1.165, 1.54) is 11.1 Å². The number of rotatable bonds is 26. The quantitative estimate of drug-likeness (QED) is 0.0354. The molecule has 0 bridgehead atoms. The lowest BCUT2D eigenvalue weighted by Crippen LogP contribution is -2.35. The van der Waals surface area contributed by atoms with Crippen LogP contribution in [0.15, 0.2) is 110 Å². The van der Waals surface area contributed by atoms with Gasteiger partial charge in [-0.1, -0.05) is 75.6 Å². The largest absolute Gasteiger partial charge is 0.491 e. The van der Waals surface area contributed by atoms with Crippen molar-refractivity contribution in [2.24, 2.45) is 11.8 Å². The van der Waals surface area contributed by atoms with E-state index in [0.29, 0.717) is 30.9 Å². The lowest BCUT2D eigenvalue weighted by atomic mass is 9.79. The highest BCUT2D eigenvalue weighted by molar-refractivity contribution is 5.82. The van der Waals surface area contributed by atoms with Gasteiger partial charge in [0.25, 0.3) is 0 Å². The third-order valence-corrected chi connectivity index (χ3v) is 10.9. The summed E-state index contributed by atoms with van der Waals surface area (Å²) in [7, 11) is 0. The first-order valence-corrected chi connectivity index (χ1v) is 21.7. The van der Waals surface area contributed by atoms with Gasteiger partial charge in [0, 0.05) is 12.2 Å². The zero-order valence-electron chi connectivity index (χ0n) is 37.4. The van der Waals surface area contributed by atoms with Crippen molar-refractivity contribution < 1.29 is 57.4 Å². The van der Waals surface area contributed by atoms with E-state index in [1.54, 1.807) is 26.8 Å². The molecule has 12 heteroatoms. The Labute approximate surface area is 372 Å². The molecule has 0 saturated carbocycles. The molecule has 0 spiro atoms. The number of carbonyl (C=O) groups excluding carboxylic acids is 3. The van der Waals surface area contributed by atoms with Gasteiger partial charge in [-0.2, -0.15) is 0 Å². The van der Waals surface area contributed by atoms with Gasteiger partial charge in [-0.15, -0.1) is 0 Å². The van der Waals surface area contributed by atoms with E-state index >= 15 is 0 Å². The minimum Gasteiger partial charge on any atom is -0.491 e. The second-order valence-electron chi connectivity index (χ2n) is 16.4. The van der Waals surface area contributed by atoms with E-state index in [-0.39, 0.29) is 43.7 Å². The van der Waals surface area contributed by atoms with Crippen molar-refractivity contribution in [3.05, 3.63) is 127 Å². The zero-order valence-corrected chi connectivity index (χ0v) is 37.4. The highest BCUT2D eigenvalue weighted by atomic mass is 16.6. The molecule has 0 aromatic heterocycles. The Morgan fingerprint density at radius 3 is 1.37 bits per heavy atom. The normalized spacial score (nSPS) is 17.9. The molecule has 0 aliphatic heterocycles. The van der Waals surface area contributed by atoms with Crippen LogP contribution in [0.3, 0.4) is 0 Å². The molecule has 1 N–H and O–H groups in total. The van der Waals surface area contributed by atoms with Crippen LogP contribution in [-0.4, -0.2) is 79.8 Å². The molecule has 3 aromatic carbocycles. The third kappa shape index (κ3) is 16.7. The van der Waals surface area contributed by atoms with E-state index in [1.807, 2.05) is 49.4 Å². The molecular formula is C51H64O12. The summed E-state index contributed by atoms with van der Waals surface area (Å²) in [4.78, 5) is 47.5. The summed E-state index contributed by atoms with van der Waals surface area (Å²) < 4.78 is 39.7. The van der Waals surface area contributed by atoms with E-state index in [0.717, 1.165) is 36.3 Å². The molecule has 1 aliphatic carbocycles. The Kier molecular flexibility index (Phi) is 20.0. The van der Waals surface area contributed by atoms with Gasteiger partial charge in [-0.05, 0) is 124 Å². The van der Waals surface area contributed by atoms with Gasteiger partial charge >= 0.3 is 23.9 Å². The second kappa shape index (κ2) is 25.3. The van der Waals surface area contributed by atoms with Crippen LogP contribution in [0, 0.1) is 11.8 Å². The Bertz CT molecular complexity index is 1950. The highest BCUT2D eigenvalue weighted by Crippen LogP contribution is 2.38. The number of carbonyl (C=O) groups is 4. The summed E-state index contributed by atoms with van der Waals surface area (Å²) in [6.07, 6.45) is 6.68. The standard InChI is InChI=1S/C51H64O12/c1-9-48(52)61-36(6)30-57-35(5)29-58-43-21-15-39(16-22-43)33(3)27-42(41-19-25-45(26-20-41)59-31-37(7)62-49(53)10-2)28-34(4)40-17-23-44(24-18-40)60-32-38(8)63-51(56)47-14-12-11-13-46(47)50(54)55/h9-12,15-26,33-38,42,46-47H,1-2,13-14,27-32H2,3-8H3,(H,54,55). The smallest absolute Gasteiger partial charge is 0.330 e. The maximum atomic E-state index is 12.8. The van der Waals surface area contributed by atoms with E-state index in [9.17, 15) is 24.3 Å². The lowest BCUT2D eigenvalue weighted by molar-refractivity contribution is -0.162. The van der Waals surface area contributed by atoms with Gasteiger partial charge in [0.1, 0.15) is 55.4 Å². The van der Waals surface area contributed by atoms with Gasteiger partial charge < -0.3 is 38.3 Å². The van der Waals surface area contributed by atoms with Crippen molar-refractivity contribution in [1.82, 2.24) is 0 Å². The summed E-state index contributed by atoms with van der Waals surface area (Å²) >= 11 is 0. The monoisotopic (exact) mass is 868 g/mol. The number of aliphatic carboxylic acids is 1. The second-order valence-corrected chi connectivity index (χ2v) is 16.4. The van der Waals surface area contributed by atoms with Gasteiger partial charge in [0.15, 0.2) is 0 Å². The number of hydrogen-bond acceptors (Lipinski definition) is 11. The first-order chi connectivity index (χ1) is 30.1. The summed E-state index contributed by atoms with van der Waals surface area (Å²) in [5.74, 6) is -1.35. The highest BCUT2D eigenvalue weighted by Gasteiger charge is 2.36. The third-order valence-electron chi connectivity index (χ3n) is 10.9. The maximum absolute atomic E-state index is 12.8. The minimum atomic E-state index is -0.996. The molecule has 340 valence electrons. The fourth-order valence-corrected chi connectivity index (χ4v) is 7.33. The average molecular weight is 869 g/mol. The fraction of sp³-hybridized carbons (Fsp3) is 0.451. The van der Waals surface area contributed by atoms with Crippen molar-refractivity contribution in [2.75, 3.05) is 26.4 Å². The Morgan fingerprint density at radius 2 is 0.937 bits per heavy atom. The van der Waals surface area contributed by atoms with Crippen molar-refractivity contribution >= 4 is 23.9 Å². The van der Waals surface area contributed by atoms with Crippen molar-refractivity contribution in [2.45, 2.75) is 109 Å². The van der Waals surface area contributed by atoms with Gasteiger partial charge in [0.2, 0.25) is 0 Å². The first-order valence-electron chi connectivity index (χ1n) is 21.7. The molecule has 63 heavy (non-hydrogen) atoms. The predicted molar refractivity (Wildman–Crippen MR) is 240 cm³/mol. The van der Waals surface area contributed by atoms with Crippen LogP contribution in [0.25, 0.3) is 0 Å². The number of esters is 3. The molecule has 0 amide bonds. The molecule has 0 fully saturated rings. The average Bonchev–Trinajstić information content (AvgIpc) is 3.28. The van der Waals surface area contributed by atoms with Crippen LogP contribution in [0.5, 0.6) is 17.2 Å². The van der Waals surface area contributed by atoms with Crippen molar-refractivity contribution in [3.8, 4) is 17.2 Å². The van der Waals surface area contributed by atoms with Gasteiger partial charge in [-0.3, -0.25) is 9.59 Å². The van der Waals surface area contributed by atoms with Crippen LogP contribution in [-0.2, 0) is 38.1 Å². The number of hydrogen-bond donors (Lipinski definition) is 1. The molecule has 3 aromatic rings. The van der Waals surface area contributed by atoms with Crippen molar-refractivity contribution in [3.63, 3.8) is 0 Å². The summed E-state index contributed by atoms with van der Waals surface area (Å²) in [6.45, 7) is 19.4. The Balaban J connectivity index is 1.38. The van der Waals surface area contributed by atoms with E-state index in [2.05, 4.69) is 63.4 Å². The molecular weight excluding hydrogens is 805 g/mol. The minimum absolute atomic E-state index is 0.135.